The smallest absolute Gasteiger partial charge is 0.289 e. The Morgan fingerprint density at radius 1 is 1.23 bits per heavy atom. The molecule has 1 atom stereocenters. The molecule has 0 radical (unpaired) electrons. The van der Waals surface area contributed by atoms with E-state index < -0.39 is 0 Å². The molecule has 1 aromatic rings. The van der Waals surface area contributed by atoms with Crippen LogP contribution in [0, 0.1) is 11.8 Å². The van der Waals surface area contributed by atoms with E-state index in [0.717, 1.165) is 58.1 Å². The number of rotatable bonds is 5. The van der Waals surface area contributed by atoms with Crippen molar-refractivity contribution in [2.75, 3.05) is 26.2 Å². The Kier molecular flexibility index (Phi) is 5.02. The number of nitrogens with one attached hydrogen (secondary N) is 1. The number of nitrogens with zero attached hydrogens (tertiary/aromatic N) is 1. The fourth-order valence-corrected chi connectivity index (χ4v) is 4.29. The van der Waals surface area contributed by atoms with Crippen molar-refractivity contribution in [1.29, 1.82) is 0 Å². The van der Waals surface area contributed by atoms with E-state index in [2.05, 4.69) is 5.32 Å². The predicted molar refractivity (Wildman–Crippen MR) is 95.6 cm³/mol. The first-order valence-corrected chi connectivity index (χ1v) is 9.90. The molecule has 2 saturated heterocycles. The number of ether oxygens (including phenoxy) is 1. The van der Waals surface area contributed by atoms with Crippen LogP contribution in [0.5, 0.6) is 0 Å². The van der Waals surface area contributed by atoms with Crippen molar-refractivity contribution in [3.05, 3.63) is 24.2 Å². The zero-order valence-electron chi connectivity index (χ0n) is 15.2. The van der Waals surface area contributed by atoms with Crippen molar-refractivity contribution in [3.8, 4) is 0 Å². The first-order chi connectivity index (χ1) is 12.7. The van der Waals surface area contributed by atoms with Crippen LogP contribution in [-0.2, 0) is 9.53 Å². The lowest BCUT2D eigenvalue weighted by Crippen LogP contribution is -2.51. The van der Waals surface area contributed by atoms with Gasteiger partial charge in [0.15, 0.2) is 5.76 Å². The molecule has 0 bridgehead atoms. The highest BCUT2D eigenvalue weighted by atomic mass is 16.5. The summed E-state index contributed by atoms with van der Waals surface area (Å²) in [7, 11) is 0. The standard InChI is InChI=1S/C20H28N2O4/c23-18(16-3-4-16)21-9-5-15-6-13-26-20(14-15)7-10-22(11-8-20)19(24)17-2-1-12-25-17/h1-2,12,15-16H,3-11,13-14H2,(H,21,23). The molecule has 26 heavy (non-hydrogen) atoms. The first-order valence-electron chi connectivity index (χ1n) is 9.90. The number of furan rings is 1. The van der Waals surface area contributed by atoms with Gasteiger partial charge in [-0.15, -0.1) is 0 Å². The van der Waals surface area contributed by atoms with Gasteiger partial charge in [0.25, 0.3) is 5.91 Å². The Balaban J connectivity index is 1.25. The molecule has 2 amide bonds. The van der Waals surface area contributed by atoms with E-state index in [0.29, 0.717) is 24.8 Å². The van der Waals surface area contributed by atoms with Gasteiger partial charge in [0.2, 0.25) is 5.91 Å². The van der Waals surface area contributed by atoms with E-state index in [1.807, 2.05) is 4.90 Å². The first kappa shape index (κ1) is 17.6. The Labute approximate surface area is 154 Å². The molecule has 4 rings (SSSR count). The van der Waals surface area contributed by atoms with Gasteiger partial charge in [-0.2, -0.15) is 0 Å². The molecular weight excluding hydrogens is 332 g/mol. The minimum Gasteiger partial charge on any atom is -0.459 e. The second kappa shape index (κ2) is 7.43. The van der Waals surface area contributed by atoms with Gasteiger partial charge in [-0.05, 0) is 63.0 Å². The average molecular weight is 360 g/mol. The molecule has 1 spiro atoms. The summed E-state index contributed by atoms with van der Waals surface area (Å²) in [6, 6.07) is 3.46. The van der Waals surface area contributed by atoms with E-state index >= 15 is 0 Å². The maximum Gasteiger partial charge on any atom is 0.289 e. The highest BCUT2D eigenvalue weighted by Crippen LogP contribution is 2.39. The van der Waals surface area contributed by atoms with E-state index in [-0.39, 0.29) is 23.3 Å². The van der Waals surface area contributed by atoms with Crippen LogP contribution in [0.4, 0.5) is 0 Å². The lowest BCUT2D eigenvalue weighted by atomic mass is 9.78. The van der Waals surface area contributed by atoms with Crippen molar-refractivity contribution >= 4 is 11.8 Å². The van der Waals surface area contributed by atoms with E-state index in [4.69, 9.17) is 9.15 Å². The van der Waals surface area contributed by atoms with Crippen LogP contribution in [0.2, 0.25) is 0 Å². The number of carbonyl (C=O) groups is 2. The third kappa shape index (κ3) is 3.95. The molecule has 1 aromatic heterocycles. The predicted octanol–water partition coefficient (Wildman–Crippen LogP) is 2.60. The van der Waals surface area contributed by atoms with Crippen LogP contribution in [0.15, 0.2) is 22.8 Å². The summed E-state index contributed by atoms with van der Waals surface area (Å²) in [5.41, 5.74) is -0.0939. The molecule has 3 heterocycles. The van der Waals surface area contributed by atoms with Crippen LogP contribution < -0.4 is 5.32 Å². The van der Waals surface area contributed by atoms with Gasteiger partial charge in [0, 0.05) is 32.2 Å². The number of hydrogen-bond acceptors (Lipinski definition) is 4. The van der Waals surface area contributed by atoms with Gasteiger partial charge in [-0.25, -0.2) is 0 Å². The maximum absolute atomic E-state index is 12.4. The molecule has 0 aromatic carbocycles. The maximum atomic E-state index is 12.4. The quantitative estimate of drug-likeness (QED) is 0.876. The zero-order valence-corrected chi connectivity index (χ0v) is 15.2. The van der Waals surface area contributed by atoms with Crippen molar-refractivity contribution in [3.63, 3.8) is 0 Å². The van der Waals surface area contributed by atoms with E-state index in [9.17, 15) is 9.59 Å². The number of piperidine rings is 1. The molecule has 142 valence electrons. The molecule has 3 aliphatic rings. The number of amides is 2. The molecule has 3 fully saturated rings. The van der Waals surface area contributed by atoms with E-state index in [1.165, 1.54) is 6.26 Å². The van der Waals surface area contributed by atoms with Gasteiger partial charge >= 0.3 is 0 Å². The molecule has 1 saturated carbocycles. The topological polar surface area (TPSA) is 71.8 Å². The van der Waals surface area contributed by atoms with Gasteiger partial charge in [-0.1, -0.05) is 0 Å². The summed E-state index contributed by atoms with van der Waals surface area (Å²) in [6.07, 6.45) is 8.53. The number of likely N-dealkylation sites (tertiary alicyclic amines) is 1. The summed E-state index contributed by atoms with van der Waals surface area (Å²) in [5.74, 6) is 1.49. The Morgan fingerprint density at radius 3 is 2.73 bits per heavy atom. The van der Waals surface area contributed by atoms with Crippen LogP contribution in [0.25, 0.3) is 0 Å². The molecule has 1 unspecified atom stereocenters. The Bertz CT molecular complexity index is 630. The summed E-state index contributed by atoms with van der Waals surface area (Å²) >= 11 is 0. The average Bonchev–Trinajstić information content (AvgIpc) is 3.36. The molecule has 2 aliphatic heterocycles. The van der Waals surface area contributed by atoms with Gasteiger partial charge in [-0.3, -0.25) is 9.59 Å². The van der Waals surface area contributed by atoms with Crippen LogP contribution in [-0.4, -0.2) is 48.6 Å². The summed E-state index contributed by atoms with van der Waals surface area (Å²) in [5, 5.41) is 3.08. The lowest BCUT2D eigenvalue weighted by Gasteiger charge is -2.46. The molecule has 6 nitrogen and oxygen atoms in total. The van der Waals surface area contributed by atoms with Gasteiger partial charge < -0.3 is 19.4 Å². The van der Waals surface area contributed by atoms with Crippen LogP contribution >= 0.6 is 0 Å². The van der Waals surface area contributed by atoms with Gasteiger partial charge in [0.1, 0.15) is 0 Å². The Morgan fingerprint density at radius 2 is 2.04 bits per heavy atom. The second-order valence-corrected chi connectivity index (χ2v) is 8.01. The second-order valence-electron chi connectivity index (χ2n) is 8.01. The van der Waals surface area contributed by atoms with Crippen molar-refractivity contribution in [2.45, 2.75) is 50.5 Å². The van der Waals surface area contributed by atoms with Crippen LogP contribution in [0.3, 0.4) is 0 Å². The SMILES string of the molecule is O=C(NCCC1CCOC2(CCN(C(=O)c3ccco3)CC2)C1)C1CC1. The van der Waals surface area contributed by atoms with Crippen molar-refractivity contribution in [2.24, 2.45) is 11.8 Å². The van der Waals surface area contributed by atoms with Gasteiger partial charge in [0.05, 0.1) is 11.9 Å². The molecular formula is C20H28N2O4. The summed E-state index contributed by atoms with van der Waals surface area (Å²) in [6.45, 7) is 2.99. The third-order valence-corrected chi connectivity index (χ3v) is 6.09. The highest BCUT2D eigenvalue weighted by molar-refractivity contribution is 5.91. The Hall–Kier alpha value is -1.82. The van der Waals surface area contributed by atoms with Crippen molar-refractivity contribution < 1.29 is 18.7 Å². The number of carbonyl (C=O) groups excluding carboxylic acids is 2. The van der Waals surface area contributed by atoms with Crippen molar-refractivity contribution in [1.82, 2.24) is 10.2 Å². The minimum atomic E-state index is -0.0939. The fraction of sp³-hybridized carbons (Fsp3) is 0.700. The fourth-order valence-electron chi connectivity index (χ4n) is 4.29. The largest absolute Gasteiger partial charge is 0.459 e. The highest BCUT2D eigenvalue weighted by Gasteiger charge is 2.41. The monoisotopic (exact) mass is 360 g/mol. The molecule has 6 heteroatoms. The third-order valence-electron chi connectivity index (χ3n) is 6.09. The van der Waals surface area contributed by atoms with E-state index in [1.54, 1.807) is 12.1 Å². The zero-order chi connectivity index (χ0) is 18.0. The van der Waals surface area contributed by atoms with Crippen LogP contribution in [0.1, 0.15) is 55.5 Å². The minimum absolute atomic E-state index is 0.0278. The number of hydrogen-bond donors (Lipinski definition) is 1. The molecule has 1 aliphatic carbocycles. The summed E-state index contributed by atoms with van der Waals surface area (Å²) < 4.78 is 11.4. The molecule has 1 N–H and O–H groups in total. The summed E-state index contributed by atoms with van der Waals surface area (Å²) in [4.78, 5) is 26.0. The normalized spacial score (nSPS) is 25.2. The lowest BCUT2D eigenvalue weighted by molar-refractivity contribution is -0.125.